The van der Waals surface area contributed by atoms with Gasteiger partial charge in [-0.15, -0.1) is 11.3 Å². The standard InChI is InChI=1S/C18H19F2N3O2S/c19-14-5-12(6-15(20)7-14)16-17(21-10-26-16)22-18(24)25-9-13-8-23-3-1-11(13)2-4-23/h5-7,10-11,13H,1-4,8-9H2,(H,22,24). The number of hydrogen-bond donors (Lipinski definition) is 1. The van der Waals surface area contributed by atoms with E-state index in [1.165, 1.54) is 29.0 Å². The lowest BCUT2D eigenvalue weighted by Gasteiger charge is -2.44. The van der Waals surface area contributed by atoms with E-state index in [1.807, 2.05) is 0 Å². The molecule has 0 saturated carbocycles. The maximum atomic E-state index is 13.4. The van der Waals surface area contributed by atoms with Gasteiger partial charge in [0.15, 0.2) is 5.82 Å². The molecule has 4 heterocycles. The van der Waals surface area contributed by atoms with Gasteiger partial charge in [0.1, 0.15) is 11.6 Å². The molecule has 1 aromatic heterocycles. The molecule has 3 aliphatic heterocycles. The Morgan fingerprint density at radius 2 is 2.00 bits per heavy atom. The molecule has 1 aromatic carbocycles. The molecule has 8 heteroatoms. The summed E-state index contributed by atoms with van der Waals surface area (Å²) in [5.41, 5.74) is 1.85. The number of amides is 1. The van der Waals surface area contributed by atoms with E-state index >= 15 is 0 Å². The Hall–Kier alpha value is -2.06. The van der Waals surface area contributed by atoms with Crippen LogP contribution >= 0.6 is 11.3 Å². The zero-order chi connectivity index (χ0) is 18.1. The van der Waals surface area contributed by atoms with Gasteiger partial charge in [-0.05, 0) is 44.0 Å². The molecule has 1 atom stereocenters. The monoisotopic (exact) mass is 379 g/mol. The van der Waals surface area contributed by atoms with Crippen molar-refractivity contribution >= 4 is 23.2 Å². The van der Waals surface area contributed by atoms with Crippen LogP contribution in [0.15, 0.2) is 23.7 Å². The summed E-state index contributed by atoms with van der Waals surface area (Å²) in [7, 11) is 0. The molecular formula is C18H19F2N3O2S. The van der Waals surface area contributed by atoms with Gasteiger partial charge in [0.25, 0.3) is 0 Å². The second-order valence-electron chi connectivity index (χ2n) is 6.81. The molecule has 138 valence electrons. The fourth-order valence-corrected chi connectivity index (χ4v) is 4.55. The van der Waals surface area contributed by atoms with Crippen molar-refractivity contribution in [3.63, 3.8) is 0 Å². The average molecular weight is 379 g/mol. The predicted molar refractivity (Wildman–Crippen MR) is 95.1 cm³/mol. The van der Waals surface area contributed by atoms with Crippen molar-refractivity contribution in [1.29, 1.82) is 0 Å². The normalized spacial score (nSPS) is 24.5. The van der Waals surface area contributed by atoms with Crippen molar-refractivity contribution < 1.29 is 18.3 Å². The molecule has 1 unspecified atom stereocenters. The minimum absolute atomic E-state index is 0.249. The van der Waals surface area contributed by atoms with Crippen molar-refractivity contribution in [2.45, 2.75) is 12.8 Å². The van der Waals surface area contributed by atoms with Crippen LogP contribution in [0.3, 0.4) is 0 Å². The Morgan fingerprint density at radius 1 is 1.27 bits per heavy atom. The van der Waals surface area contributed by atoms with Crippen molar-refractivity contribution in [2.24, 2.45) is 11.8 Å². The van der Waals surface area contributed by atoms with Crippen LogP contribution in [-0.2, 0) is 4.74 Å². The SMILES string of the molecule is O=C(Nc1ncsc1-c1cc(F)cc(F)c1)OCC1CN2CCC1CC2. The van der Waals surface area contributed by atoms with Crippen LogP contribution < -0.4 is 5.32 Å². The van der Waals surface area contributed by atoms with E-state index < -0.39 is 17.7 Å². The van der Waals surface area contributed by atoms with Gasteiger partial charge in [0.2, 0.25) is 0 Å². The number of hydrogen-bond acceptors (Lipinski definition) is 5. The smallest absolute Gasteiger partial charge is 0.412 e. The summed E-state index contributed by atoms with van der Waals surface area (Å²) in [6.07, 6.45) is 1.74. The fraction of sp³-hybridized carbons (Fsp3) is 0.444. The number of benzene rings is 1. The average Bonchev–Trinajstić information content (AvgIpc) is 3.08. The van der Waals surface area contributed by atoms with Crippen LogP contribution in [0.1, 0.15) is 12.8 Å². The lowest BCUT2D eigenvalue weighted by atomic mass is 9.79. The van der Waals surface area contributed by atoms with Crippen molar-refractivity contribution in [2.75, 3.05) is 31.6 Å². The van der Waals surface area contributed by atoms with Gasteiger partial charge in [-0.1, -0.05) is 0 Å². The summed E-state index contributed by atoms with van der Waals surface area (Å²) in [5.74, 6) is -0.110. The second-order valence-corrected chi connectivity index (χ2v) is 7.66. The Kier molecular flexibility index (Phi) is 4.86. The molecule has 1 amide bonds. The Labute approximate surface area is 154 Å². The first-order valence-corrected chi connectivity index (χ1v) is 9.52. The highest BCUT2D eigenvalue weighted by atomic mass is 32.1. The molecule has 0 aliphatic carbocycles. The number of fused-ring (bicyclic) bond motifs is 3. The van der Waals surface area contributed by atoms with Gasteiger partial charge in [-0.25, -0.2) is 18.6 Å². The van der Waals surface area contributed by atoms with E-state index in [2.05, 4.69) is 15.2 Å². The largest absolute Gasteiger partial charge is 0.449 e. The number of carbonyl (C=O) groups is 1. The molecule has 3 saturated heterocycles. The molecule has 2 bridgehead atoms. The molecule has 3 aliphatic rings. The van der Waals surface area contributed by atoms with Gasteiger partial charge in [0, 0.05) is 24.1 Å². The summed E-state index contributed by atoms with van der Waals surface area (Å²) in [6, 6.07) is 3.22. The van der Waals surface area contributed by atoms with Crippen LogP contribution in [-0.4, -0.2) is 42.2 Å². The van der Waals surface area contributed by atoms with E-state index in [-0.39, 0.29) is 5.82 Å². The molecule has 0 radical (unpaired) electrons. The second kappa shape index (κ2) is 7.28. The Balaban J connectivity index is 1.39. The molecule has 1 N–H and O–H groups in total. The number of rotatable bonds is 4. The van der Waals surface area contributed by atoms with E-state index in [9.17, 15) is 13.6 Å². The van der Waals surface area contributed by atoms with E-state index in [0.29, 0.717) is 28.9 Å². The van der Waals surface area contributed by atoms with Crippen LogP contribution in [0.25, 0.3) is 10.4 Å². The highest BCUT2D eigenvalue weighted by Crippen LogP contribution is 2.34. The summed E-state index contributed by atoms with van der Waals surface area (Å²) in [6.45, 7) is 3.63. The Bertz CT molecular complexity index is 785. The molecule has 2 aromatic rings. The molecule has 0 spiro atoms. The molecule has 5 rings (SSSR count). The highest BCUT2D eigenvalue weighted by molar-refractivity contribution is 7.13. The van der Waals surface area contributed by atoms with Crippen molar-refractivity contribution in [1.82, 2.24) is 9.88 Å². The number of ether oxygens (including phenoxy) is 1. The van der Waals surface area contributed by atoms with Crippen LogP contribution in [0.4, 0.5) is 19.4 Å². The molecule has 26 heavy (non-hydrogen) atoms. The highest BCUT2D eigenvalue weighted by Gasteiger charge is 2.34. The van der Waals surface area contributed by atoms with Crippen molar-refractivity contribution in [3.8, 4) is 10.4 Å². The first kappa shape index (κ1) is 17.4. The third kappa shape index (κ3) is 3.71. The van der Waals surface area contributed by atoms with Crippen LogP contribution in [0.5, 0.6) is 0 Å². The molecule has 5 nitrogen and oxygen atoms in total. The fourth-order valence-electron chi connectivity index (χ4n) is 3.82. The van der Waals surface area contributed by atoms with Gasteiger partial charge in [-0.2, -0.15) is 0 Å². The lowest BCUT2D eigenvalue weighted by molar-refractivity contribution is 0.0151. The number of halogens is 2. The number of carbonyl (C=O) groups excluding carboxylic acids is 1. The summed E-state index contributed by atoms with van der Waals surface area (Å²) < 4.78 is 32.3. The Morgan fingerprint density at radius 3 is 2.65 bits per heavy atom. The van der Waals surface area contributed by atoms with Crippen molar-refractivity contribution in [3.05, 3.63) is 35.3 Å². The lowest BCUT2D eigenvalue weighted by Crippen LogP contribution is -2.49. The van der Waals surface area contributed by atoms with E-state index in [4.69, 9.17) is 4.74 Å². The zero-order valence-electron chi connectivity index (χ0n) is 14.1. The summed E-state index contributed by atoms with van der Waals surface area (Å²) in [4.78, 5) is 19.1. The van der Waals surface area contributed by atoms with Gasteiger partial charge >= 0.3 is 6.09 Å². The van der Waals surface area contributed by atoms with E-state index in [1.54, 1.807) is 0 Å². The first-order valence-electron chi connectivity index (χ1n) is 8.64. The summed E-state index contributed by atoms with van der Waals surface area (Å²) >= 11 is 1.20. The third-order valence-corrected chi connectivity index (χ3v) is 6.01. The quantitative estimate of drug-likeness (QED) is 0.873. The number of anilines is 1. The molecule has 3 fully saturated rings. The topological polar surface area (TPSA) is 54.5 Å². The number of nitrogens with zero attached hydrogens (tertiary/aromatic N) is 2. The van der Waals surface area contributed by atoms with Gasteiger partial charge in [-0.3, -0.25) is 5.32 Å². The maximum Gasteiger partial charge on any atom is 0.412 e. The van der Waals surface area contributed by atoms with Gasteiger partial charge in [0.05, 0.1) is 17.0 Å². The predicted octanol–water partition coefficient (Wildman–Crippen LogP) is 3.98. The zero-order valence-corrected chi connectivity index (χ0v) is 14.9. The third-order valence-electron chi connectivity index (χ3n) is 5.13. The number of thiazole rings is 1. The van der Waals surface area contributed by atoms with Gasteiger partial charge < -0.3 is 9.64 Å². The number of aromatic nitrogens is 1. The minimum atomic E-state index is -0.677. The number of nitrogens with one attached hydrogen (secondary N) is 1. The van der Waals surface area contributed by atoms with Crippen LogP contribution in [0.2, 0.25) is 0 Å². The summed E-state index contributed by atoms with van der Waals surface area (Å²) in [5, 5.41) is 2.59. The number of piperidine rings is 3. The van der Waals surface area contributed by atoms with Crippen LogP contribution in [0, 0.1) is 23.5 Å². The van der Waals surface area contributed by atoms with E-state index in [0.717, 1.165) is 38.5 Å². The first-order chi connectivity index (χ1) is 12.6. The maximum absolute atomic E-state index is 13.4. The molecular weight excluding hydrogens is 360 g/mol. The minimum Gasteiger partial charge on any atom is -0.449 e.